The van der Waals surface area contributed by atoms with Crippen LogP contribution in [-0.2, 0) is 10.2 Å². The van der Waals surface area contributed by atoms with E-state index in [9.17, 15) is 13.6 Å². The normalized spacial score (nSPS) is 11.2. The van der Waals surface area contributed by atoms with E-state index in [2.05, 4.69) is 5.32 Å². The molecule has 104 valence electrons. The van der Waals surface area contributed by atoms with Crippen molar-refractivity contribution in [3.63, 3.8) is 0 Å². The monoisotopic (exact) mass is 275 g/mol. The molecule has 0 aliphatic heterocycles. The molecule has 0 spiro atoms. The molecular formula is C16H15F2NO. The summed E-state index contributed by atoms with van der Waals surface area (Å²) in [5.74, 6) is -2.21. The van der Waals surface area contributed by atoms with Gasteiger partial charge in [0, 0.05) is 11.8 Å². The summed E-state index contributed by atoms with van der Waals surface area (Å²) in [6, 6.07) is 12.6. The molecule has 0 aliphatic rings. The van der Waals surface area contributed by atoms with E-state index in [1.54, 1.807) is 13.8 Å². The Kier molecular flexibility index (Phi) is 3.84. The number of nitrogens with one attached hydrogen (secondary N) is 1. The molecular weight excluding hydrogens is 260 g/mol. The predicted octanol–water partition coefficient (Wildman–Crippen LogP) is 3.88. The maximum absolute atomic E-state index is 13.1. The average Bonchev–Trinajstić information content (AvgIpc) is 2.44. The first-order chi connectivity index (χ1) is 9.41. The van der Waals surface area contributed by atoms with Gasteiger partial charge in [0.2, 0.25) is 5.91 Å². The number of carbonyl (C=O) groups excluding carboxylic acids is 1. The molecule has 0 atom stereocenters. The highest BCUT2D eigenvalue weighted by atomic mass is 19.2. The largest absolute Gasteiger partial charge is 0.325 e. The maximum atomic E-state index is 13.1. The number of benzene rings is 2. The van der Waals surface area contributed by atoms with Crippen LogP contribution in [0.25, 0.3) is 0 Å². The topological polar surface area (TPSA) is 29.1 Å². The Bertz CT molecular complexity index is 624. The van der Waals surface area contributed by atoms with Crippen molar-refractivity contribution in [1.29, 1.82) is 0 Å². The van der Waals surface area contributed by atoms with Crippen LogP contribution in [0.5, 0.6) is 0 Å². The number of anilines is 1. The number of hydrogen-bond acceptors (Lipinski definition) is 1. The molecule has 4 heteroatoms. The first kappa shape index (κ1) is 14.2. The number of halogens is 2. The average molecular weight is 275 g/mol. The lowest BCUT2D eigenvalue weighted by Gasteiger charge is -2.24. The molecule has 2 rings (SSSR count). The van der Waals surface area contributed by atoms with Crippen molar-refractivity contribution < 1.29 is 13.6 Å². The molecule has 0 radical (unpaired) electrons. The van der Waals surface area contributed by atoms with E-state index in [-0.39, 0.29) is 11.6 Å². The van der Waals surface area contributed by atoms with E-state index in [0.29, 0.717) is 0 Å². The Labute approximate surface area is 116 Å². The zero-order valence-corrected chi connectivity index (χ0v) is 11.3. The number of hydrogen-bond donors (Lipinski definition) is 1. The third kappa shape index (κ3) is 2.85. The quantitative estimate of drug-likeness (QED) is 0.905. The summed E-state index contributed by atoms with van der Waals surface area (Å²) >= 11 is 0. The third-order valence-corrected chi connectivity index (χ3v) is 3.24. The summed E-state index contributed by atoms with van der Waals surface area (Å²) in [7, 11) is 0. The van der Waals surface area contributed by atoms with Gasteiger partial charge < -0.3 is 5.32 Å². The molecule has 2 nitrogen and oxygen atoms in total. The van der Waals surface area contributed by atoms with Crippen LogP contribution in [0.1, 0.15) is 19.4 Å². The smallest absolute Gasteiger partial charge is 0.234 e. The fourth-order valence-electron chi connectivity index (χ4n) is 1.85. The lowest BCUT2D eigenvalue weighted by Crippen LogP contribution is -2.34. The van der Waals surface area contributed by atoms with Gasteiger partial charge in [-0.2, -0.15) is 0 Å². The van der Waals surface area contributed by atoms with Gasteiger partial charge in [-0.15, -0.1) is 0 Å². The summed E-state index contributed by atoms with van der Waals surface area (Å²) in [5, 5.41) is 2.60. The van der Waals surface area contributed by atoms with E-state index >= 15 is 0 Å². The molecule has 2 aromatic carbocycles. The van der Waals surface area contributed by atoms with Crippen LogP contribution in [0.3, 0.4) is 0 Å². The summed E-state index contributed by atoms with van der Waals surface area (Å²) in [6.07, 6.45) is 0. The fourth-order valence-corrected chi connectivity index (χ4v) is 1.85. The lowest BCUT2D eigenvalue weighted by atomic mass is 9.83. The second-order valence-corrected chi connectivity index (χ2v) is 5.07. The number of rotatable bonds is 3. The molecule has 0 aromatic heterocycles. The minimum atomic E-state index is -0.986. The molecule has 2 aromatic rings. The van der Waals surface area contributed by atoms with Gasteiger partial charge in [-0.1, -0.05) is 30.3 Å². The molecule has 0 saturated heterocycles. The fraction of sp³-hybridized carbons (Fsp3) is 0.188. The van der Waals surface area contributed by atoms with Crippen LogP contribution < -0.4 is 5.32 Å². The Morgan fingerprint density at radius 3 is 2.25 bits per heavy atom. The molecule has 1 N–H and O–H groups in total. The Morgan fingerprint density at radius 2 is 1.65 bits per heavy atom. The minimum Gasteiger partial charge on any atom is -0.325 e. The molecule has 0 heterocycles. The molecule has 0 bridgehead atoms. The first-order valence-corrected chi connectivity index (χ1v) is 6.23. The van der Waals surface area contributed by atoms with Gasteiger partial charge in [-0.3, -0.25) is 4.79 Å². The maximum Gasteiger partial charge on any atom is 0.234 e. The summed E-state index contributed by atoms with van der Waals surface area (Å²) in [5.41, 5.74) is 0.310. The van der Waals surface area contributed by atoms with Gasteiger partial charge in [-0.05, 0) is 31.5 Å². The summed E-state index contributed by atoms with van der Waals surface area (Å²) in [6.45, 7) is 3.55. The van der Waals surface area contributed by atoms with E-state index < -0.39 is 17.0 Å². The highest BCUT2D eigenvalue weighted by Crippen LogP contribution is 2.25. The molecule has 0 fully saturated rings. The van der Waals surface area contributed by atoms with E-state index in [0.717, 1.165) is 17.7 Å². The van der Waals surface area contributed by atoms with E-state index in [4.69, 9.17) is 0 Å². The minimum absolute atomic E-state index is 0.234. The third-order valence-electron chi connectivity index (χ3n) is 3.24. The van der Waals surface area contributed by atoms with Gasteiger partial charge in [0.05, 0.1) is 5.41 Å². The van der Waals surface area contributed by atoms with Gasteiger partial charge in [0.25, 0.3) is 0 Å². The van der Waals surface area contributed by atoms with Gasteiger partial charge in [0.1, 0.15) is 0 Å². The number of carbonyl (C=O) groups is 1. The highest BCUT2D eigenvalue weighted by molar-refractivity contribution is 5.98. The molecule has 0 saturated carbocycles. The van der Waals surface area contributed by atoms with Crippen LogP contribution in [0, 0.1) is 11.6 Å². The zero-order chi connectivity index (χ0) is 14.8. The molecule has 0 unspecified atom stereocenters. The number of amides is 1. The summed E-state index contributed by atoms with van der Waals surface area (Å²) in [4.78, 5) is 12.3. The van der Waals surface area contributed by atoms with Crippen molar-refractivity contribution >= 4 is 11.6 Å². The lowest BCUT2D eigenvalue weighted by molar-refractivity contribution is -0.120. The van der Waals surface area contributed by atoms with Crippen LogP contribution in [0.15, 0.2) is 48.5 Å². The van der Waals surface area contributed by atoms with Crippen LogP contribution in [0.2, 0.25) is 0 Å². The molecule has 0 aliphatic carbocycles. The van der Waals surface area contributed by atoms with E-state index in [1.807, 2.05) is 30.3 Å². The van der Waals surface area contributed by atoms with Crippen LogP contribution in [-0.4, -0.2) is 5.91 Å². The van der Waals surface area contributed by atoms with Crippen molar-refractivity contribution in [2.24, 2.45) is 0 Å². The van der Waals surface area contributed by atoms with Crippen molar-refractivity contribution in [1.82, 2.24) is 0 Å². The first-order valence-electron chi connectivity index (χ1n) is 6.23. The zero-order valence-electron chi connectivity index (χ0n) is 11.3. The van der Waals surface area contributed by atoms with Crippen molar-refractivity contribution in [3.8, 4) is 0 Å². The van der Waals surface area contributed by atoms with Crippen LogP contribution >= 0.6 is 0 Å². The Hall–Kier alpha value is -2.23. The Morgan fingerprint density at radius 1 is 1.00 bits per heavy atom. The van der Waals surface area contributed by atoms with E-state index in [1.165, 1.54) is 6.07 Å². The van der Waals surface area contributed by atoms with Crippen LogP contribution in [0.4, 0.5) is 14.5 Å². The predicted molar refractivity (Wildman–Crippen MR) is 74.5 cm³/mol. The van der Waals surface area contributed by atoms with Gasteiger partial charge in [0.15, 0.2) is 11.6 Å². The van der Waals surface area contributed by atoms with Gasteiger partial charge >= 0.3 is 0 Å². The van der Waals surface area contributed by atoms with Crippen molar-refractivity contribution in [3.05, 3.63) is 65.7 Å². The SMILES string of the molecule is CC(C)(C(=O)Nc1ccc(F)c(F)c1)c1ccccc1. The Balaban J connectivity index is 2.21. The standard InChI is InChI=1S/C16H15F2NO/c1-16(2,11-6-4-3-5-7-11)15(20)19-12-8-9-13(17)14(18)10-12/h3-10H,1-2H3,(H,19,20). The molecule has 20 heavy (non-hydrogen) atoms. The van der Waals surface area contributed by atoms with Crippen molar-refractivity contribution in [2.45, 2.75) is 19.3 Å². The second-order valence-electron chi connectivity index (χ2n) is 5.07. The second kappa shape index (κ2) is 5.41. The molecule has 1 amide bonds. The highest BCUT2D eigenvalue weighted by Gasteiger charge is 2.29. The summed E-state index contributed by atoms with van der Waals surface area (Å²) < 4.78 is 26.0. The van der Waals surface area contributed by atoms with Gasteiger partial charge in [-0.25, -0.2) is 8.78 Å². The van der Waals surface area contributed by atoms with Crippen molar-refractivity contribution in [2.75, 3.05) is 5.32 Å².